The first-order valence-electron chi connectivity index (χ1n) is 6.50. The highest BCUT2D eigenvalue weighted by Gasteiger charge is 2.09. The number of carbonyl (C=O) groups is 3. The fourth-order valence-corrected chi connectivity index (χ4v) is 1.67. The van der Waals surface area contributed by atoms with Crippen molar-refractivity contribution in [1.29, 1.82) is 0 Å². The van der Waals surface area contributed by atoms with Crippen LogP contribution >= 0.6 is 0 Å². The summed E-state index contributed by atoms with van der Waals surface area (Å²) in [6, 6.07) is 6.44. The van der Waals surface area contributed by atoms with E-state index in [-0.39, 0.29) is 18.4 Å². The second-order valence-electron chi connectivity index (χ2n) is 4.61. The fraction of sp³-hybridized carbons (Fsp3) is 0.357. The summed E-state index contributed by atoms with van der Waals surface area (Å²) in [5.41, 5.74) is 1.14. The average molecular weight is 293 g/mol. The van der Waals surface area contributed by atoms with Gasteiger partial charge in [-0.3, -0.25) is 9.59 Å². The zero-order chi connectivity index (χ0) is 15.8. The summed E-state index contributed by atoms with van der Waals surface area (Å²) in [4.78, 5) is 34.7. The van der Waals surface area contributed by atoms with E-state index in [1.807, 2.05) is 0 Å². The highest BCUT2D eigenvalue weighted by molar-refractivity contribution is 5.92. The Bertz CT molecular complexity index is 531. The lowest BCUT2D eigenvalue weighted by atomic mass is 10.2. The molecule has 0 atom stereocenters. The lowest BCUT2D eigenvalue weighted by molar-refractivity contribution is -0.137. The number of hydrogen-bond donors (Lipinski definition) is 3. The van der Waals surface area contributed by atoms with E-state index >= 15 is 0 Å². The summed E-state index contributed by atoms with van der Waals surface area (Å²) in [5.74, 6) is -1.07. The van der Waals surface area contributed by atoms with Crippen molar-refractivity contribution >= 4 is 29.3 Å². The van der Waals surface area contributed by atoms with Crippen LogP contribution in [0.3, 0.4) is 0 Å². The topological polar surface area (TPSA) is 98.7 Å². The summed E-state index contributed by atoms with van der Waals surface area (Å²) >= 11 is 0. The van der Waals surface area contributed by atoms with Crippen LogP contribution in [-0.2, 0) is 9.59 Å². The van der Waals surface area contributed by atoms with Gasteiger partial charge in [0, 0.05) is 38.3 Å². The van der Waals surface area contributed by atoms with Crippen molar-refractivity contribution in [2.45, 2.75) is 19.8 Å². The standard InChI is InChI=1S/C14H19N3O4/c1-10(18)15-11-5-3-6-12(9-11)16-14(21)17(2)8-4-7-13(19)20/h3,5-6,9H,4,7-8H2,1-2H3,(H,15,18)(H,16,21)(H,19,20). The Labute approximate surface area is 122 Å². The first-order chi connectivity index (χ1) is 9.88. The summed E-state index contributed by atoms with van der Waals surface area (Å²) in [6.45, 7) is 1.75. The lowest BCUT2D eigenvalue weighted by Crippen LogP contribution is -2.32. The van der Waals surface area contributed by atoms with Gasteiger partial charge in [0.2, 0.25) is 5.91 Å². The number of amides is 3. The van der Waals surface area contributed by atoms with E-state index in [4.69, 9.17) is 5.11 Å². The number of urea groups is 1. The van der Waals surface area contributed by atoms with Gasteiger partial charge < -0.3 is 20.6 Å². The van der Waals surface area contributed by atoms with Crippen LogP contribution in [0, 0.1) is 0 Å². The maximum Gasteiger partial charge on any atom is 0.321 e. The minimum absolute atomic E-state index is 0.0234. The number of benzene rings is 1. The number of nitrogens with zero attached hydrogens (tertiary/aromatic N) is 1. The summed E-state index contributed by atoms with van der Waals surface area (Å²) in [6.07, 6.45) is 0.417. The van der Waals surface area contributed by atoms with Crippen molar-refractivity contribution in [1.82, 2.24) is 4.90 Å². The van der Waals surface area contributed by atoms with Gasteiger partial charge >= 0.3 is 12.0 Å². The average Bonchev–Trinajstić information content (AvgIpc) is 2.37. The Hall–Kier alpha value is -2.57. The summed E-state index contributed by atoms with van der Waals surface area (Å²) in [7, 11) is 1.59. The molecule has 1 aromatic carbocycles. The highest BCUT2D eigenvalue weighted by Crippen LogP contribution is 2.15. The second kappa shape index (κ2) is 7.88. The van der Waals surface area contributed by atoms with Crippen LogP contribution < -0.4 is 10.6 Å². The molecule has 3 amide bonds. The first kappa shape index (κ1) is 16.5. The van der Waals surface area contributed by atoms with Crippen molar-refractivity contribution in [3.8, 4) is 0 Å². The van der Waals surface area contributed by atoms with Crippen LogP contribution in [0.1, 0.15) is 19.8 Å². The van der Waals surface area contributed by atoms with Crippen molar-refractivity contribution in [3.63, 3.8) is 0 Å². The van der Waals surface area contributed by atoms with Crippen LogP contribution in [-0.4, -0.2) is 41.5 Å². The van der Waals surface area contributed by atoms with E-state index in [1.165, 1.54) is 11.8 Å². The van der Waals surface area contributed by atoms with Gasteiger partial charge in [0.1, 0.15) is 0 Å². The van der Waals surface area contributed by atoms with E-state index in [1.54, 1.807) is 31.3 Å². The third kappa shape index (κ3) is 6.42. The lowest BCUT2D eigenvalue weighted by Gasteiger charge is -2.17. The van der Waals surface area contributed by atoms with Crippen molar-refractivity contribution in [2.75, 3.05) is 24.2 Å². The van der Waals surface area contributed by atoms with Gasteiger partial charge in [-0.25, -0.2) is 4.79 Å². The van der Waals surface area contributed by atoms with Crippen LogP contribution in [0.5, 0.6) is 0 Å². The molecule has 1 aromatic rings. The molecule has 0 heterocycles. The molecular formula is C14H19N3O4. The van der Waals surface area contributed by atoms with Crippen LogP contribution in [0.25, 0.3) is 0 Å². The Morgan fingerprint density at radius 3 is 2.38 bits per heavy atom. The largest absolute Gasteiger partial charge is 0.481 e. The van der Waals surface area contributed by atoms with Gasteiger partial charge in [-0.15, -0.1) is 0 Å². The Morgan fingerprint density at radius 2 is 1.81 bits per heavy atom. The first-order valence-corrected chi connectivity index (χ1v) is 6.50. The molecule has 0 unspecified atom stereocenters. The molecule has 0 fully saturated rings. The number of carboxylic acids is 1. The molecule has 114 valence electrons. The molecule has 1 rings (SSSR count). The molecular weight excluding hydrogens is 274 g/mol. The number of anilines is 2. The van der Waals surface area contributed by atoms with Crippen LogP contribution in [0.2, 0.25) is 0 Å². The third-order valence-corrected chi connectivity index (χ3v) is 2.67. The molecule has 21 heavy (non-hydrogen) atoms. The Morgan fingerprint density at radius 1 is 1.19 bits per heavy atom. The second-order valence-corrected chi connectivity index (χ2v) is 4.61. The molecule has 0 saturated heterocycles. The van der Waals surface area contributed by atoms with E-state index in [0.29, 0.717) is 24.3 Å². The number of nitrogens with one attached hydrogen (secondary N) is 2. The van der Waals surface area contributed by atoms with Gasteiger partial charge in [0.25, 0.3) is 0 Å². The molecule has 7 heteroatoms. The Balaban J connectivity index is 2.53. The van der Waals surface area contributed by atoms with E-state index in [0.717, 1.165) is 0 Å². The minimum Gasteiger partial charge on any atom is -0.481 e. The molecule has 0 aliphatic heterocycles. The number of rotatable bonds is 6. The molecule has 0 bridgehead atoms. The highest BCUT2D eigenvalue weighted by atomic mass is 16.4. The molecule has 3 N–H and O–H groups in total. The van der Waals surface area contributed by atoms with Crippen LogP contribution in [0.15, 0.2) is 24.3 Å². The molecule has 0 aromatic heterocycles. The van der Waals surface area contributed by atoms with Gasteiger partial charge in [-0.2, -0.15) is 0 Å². The quantitative estimate of drug-likeness (QED) is 0.746. The smallest absolute Gasteiger partial charge is 0.321 e. The fourth-order valence-electron chi connectivity index (χ4n) is 1.67. The van der Waals surface area contributed by atoms with Gasteiger partial charge in [0.05, 0.1) is 0 Å². The zero-order valence-electron chi connectivity index (χ0n) is 12.0. The van der Waals surface area contributed by atoms with E-state index in [2.05, 4.69) is 10.6 Å². The van der Waals surface area contributed by atoms with Gasteiger partial charge in [0.15, 0.2) is 0 Å². The molecule has 7 nitrogen and oxygen atoms in total. The Kier molecular flexibility index (Phi) is 6.19. The minimum atomic E-state index is -0.883. The van der Waals surface area contributed by atoms with Gasteiger partial charge in [-0.1, -0.05) is 6.07 Å². The maximum absolute atomic E-state index is 11.9. The van der Waals surface area contributed by atoms with Gasteiger partial charge in [-0.05, 0) is 24.6 Å². The monoisotopic (exact) mass is 293 g/mol. The molecule has 0 radical (unpaired) electrons. The number of carbonyl (C=O) groups excluding carboxylic acids is 2. The maximum atomic E-state index is 11.9. The van der Waals surface area contributed by atoms with E-state index in [9.17, 15) is 14.4 Å². The zero-order valence-corrected chi connectivity index (χ0v) is 12.0. The normalized spacial score (nSPS) is 9.81. The molecule has 0 saturated carbocycles. The van der Waals surface area contributed by atoms with Crippen LogP contribution in [0.4, 0.5) is 16.2 Å². The van der Waals surface area contributed by atoms with Crippen molar-refractivity contribution in [3.05, 3.63) is 24.3 Å². The van der Waals surface area contributed by atoms with E-state index < -0.39 is 5.97 Å². The predicted octanol–water partition coefficient (Wildman–Crippen LogP) is 1.97. The molecule has 0 aliphatic carbocycles. The number of hydrogen-bond acceptors (Lipinski definition) is 3. The number of carboxylic acid groups (broad SMARTS) is 1. The van der Waals surface area contributed by atoms with Crippen molar-refractivity contribution in [2.24, 2.45) is 0 Å². The summed E-state index contributed by atoms with van der Waals surface area (Å²) in [5, 5.41) is 13.9. The number of aliphatic carboxylic acids is 1. The molecule has 0 spiro atoms. The molecule has 0 aliphatic rings. The SMILES string of the molecule is CC(=O)Nc1cccc(NC(=O)N(C)CCCC(=O)O)c1. The predicted molar refractivity (Wildman–Crippen MR) is 79.3 cm³/mol. The van der Waals surface area contributed by atoms with Crippen molar-refractivity contribution < 1.29 is 19.5 Å². The summed E-state index contributed by atoms with van der Waals surface area (Å²) < 4.78 is 0. The third-order valence-electron chi connectivity index (χ3n) is 2.67.